The number of anilines is 1. The molecule has 0 spiro atoms. The van der Waals surface area contributed by atoms with Gasteiger partial charge < -0.3 is 19.4 Å². The molecular weight excluding hydrogens is 346 g/mol. The Balaban J connectivity index is 1.39. The molecule has 4 heterocycles. The zero-order valence-corrected chi connectivity index (χ0v) is 15.8. The fraction of sp³-hybridized carbons (Fsp3) is 0.579. The van der Waals surface area contributed by atoms with E-state index in [-0.39, 0.29) is 11.9 Å². The van der Waals surface area contributed by atoms with Crippen molar-refractivity contribution in [2.24, 2.45) is 0 Å². The molecule has 2 aliphatic rings. The normalized spacial score (nSPS) is 20.8. The van der Waals surface area contributed by atoms with Crippen LogP contribution in [0.2, 0.25) is 0 Å². The molecule has 2 fully saturated rings. The monoisotopic (exact) mass is 371 g/mol. The maximum Gasteiger partial charge on any atom is 0.273 e. The molecule has 0 radical (unpaired) electrons. The summed E-state index contributed by atoms with van der Waals surface area (Å²) < 4.78 is 10.8. The number of nitrogens with zero attached hydrogens (tertiary/aromatic N) is 4. The van der Waals surface area contributed by atoms with Crippen LogP contribution >= 0.6 is 0 Å². The second-order valence-electron chi connectivity index (χ2n) is 7.21. The Morgan fingerprint density at radius 1 is 1.22 bits per heavy atom. The number of aryl methyl sites for hydroxylation is 2. The van der Waals surface area contributed by atoms with Crippen molar-refractivity contribution in [2.45, 2.75) is 45.1 Å². The van der Waals surface area contributed by atoms with Crippen molar-refractivity contribution in [2.75, 3.05) is 31.2 Å². The molecule has 1 amide bonds. The molecule has 1 unspecified atom stereocenters. The quantitative estimate of drug-likeness (QED) is 0.878. The number of carbonyl (C=O) groups is 1. The van der Waals surface area contributed by atoms with Gasteiger partial charge in [-0.1, -0.05) is 0 Å². The third kappa shape index (κ3) is 3.95. The molecule has 0 bridgehead atoms. The lowest BCUT2D eigenvalue weighted by atomic mass is 9.96. The number of amides is 1. The summed E-state index contributed by atoms with van der Waals surface area (Å²) in [5.41, 5.74) is 1.45. The van der Waals surface area contributed by atoms with Crippen molar-refractivity contribution in [3.63, 3.8) is 0 Å². The highest BCUT2D eigenvalue weighted by atomic mass is 16.5. The van der Waals surface area contributed by atoms with E-state index in [2.05, 4.69) is 20.2 Å². The molecule has 0 aromatic carbocycles. The Morgan fingerprint density at radius 3 is 2.78 bits per heavy atom. The predicted molar refractivity (Wildman–Crippen MR) is 98.9 cm³/mol. The summed E-state index contributed by atoms with van der Waals surface area (Å²) in [6.45, 7) is 6.60. The van der Waals surface area contributed by atoms with E-state index in [1.165, 1.54) is 0 Å². The third-order valence-electron chi connectivity index (χ3n) is 5.23. The average Bonchev–Trinajstić information content (AvgIpc) is 3.28. The lowest BCUT2D eigenvalue weighted by Gasteiger charge is -2.23. The zero-order valence-electron chi connectivity index (χ0n) is 15.8. The van der Waals surface area contributed by atoms with Crippen LogP contribution in [0.1, 0.15) is 53.0 Å². The van der Waals surface area contributed by atoms with Crippen LogP contribution in [-0.4, -0.2) is 53.2 Å². The second kappa shape index (κ2) is 7.64. The first-order valence-electron chi connectivity index (χ1n) is 9.50. The van der Waals surface area contributed by atoms with E-state index < -0.39 is 0 Å². The highest BCUT2D eigenvalue weighted by Crippen LogP contribution is 2.27. The van der Waals surface area contributed by atoms with E-state index >= 15 is 0 Å². The van der Waals surface area contributed by atoms with Gasteiger partial charge in [-0.05, 0) is 32.3 Å². The molecule has 144 valence electrons. The topological polar surface area (TPSA) is 93.4 Å². The molecule has 2 aliphatic heterocycles. The van der Waals surface area contributed by atoms with E-state index in [0.29, 0.717) is 29.8 Å². The van der Waals surface area contributed by atoms with Gasteiger partial charge in [-0.3, -0.25) is 4.79 Å². The van der Waals surface area contributed by atoms with Crippen molar-refractivity contribution in [3.8, 4) is 0 Å². The number of hydrogen-bond acceptors (Lipinski definition) is 7. The number of ether oxygens (including phenoxy) is 1. The first-order chi connectivity index (χ1) is 13.1. The van der Waals surface area contributed by atoms with Crippen LogP contribution in [0.4, 0.5) is 5.95 Å². The molecule has 4 rings (SSSR count). The number of hydrogen-bond donors (Lipinski definition) is 1. The maximum atomic E-state index is 12.4. The molecule has 1 N–H and O–H groups in total. The molecule has 8 nitrogen and oxygen atoms in total. The van der Waals surface area contributed by atoms with Gasteiger partial charge in [0.2, 0.25) is 5.95 Å². The van der Waals surface area contributed by atoms with Crippen LogP contribution in [0.15, 0.2) is 16.7 Å². The molecule has 1 atom stereocenters. The highest BCUT2D eigenvalue weighted by molar-refractivity contribution is 5.93. The van der Waals surface area contributed by atoms with Crippen molar-refractivity contribution in [3.05, 3.63) is 35.3 Å². The first-order valence-corrected chi connectivity index (χ1v) is 9.50. The fourth-order valence-electron chi connectivity index (χ4n) is 3.79. The number of rotatable bonds is 4. The predicted octanol–water partition coefficient (Wildman–Crippen LogP) is 1.98. The highest BCUT2D eigenvalue weighted by Gasteiger charge is 2.28. The summed E-state index contributed by atoms with van der Waals surface area (Å²) in [5, 5.41) is 3.05. The summed E-state index contributed by atoms with van der Waals surface area (Å²) >= 11 is 0. The van der Waals surface area contributed by atoms with Gasteiger partial charge in [0.25, 0.3) is 5.91 Å². The van der Waals surface area contributed by atoms with Crippen LogP contribution in [-0.2, 0) is 4.74 Å². The first kappa shape index (κ1) is 17.9. The van der Waals surface area contributed by atoms with Crippen LogP contribution in [0.5, 0.6) is 0 Å². The molecule has 27 heavy (non-hydrogen) atoms. The Labute approximate surface area is 158 Å². The summed E-state index contributed by atoms with van der Waals surface area (Å²) in [4.78, 5) is 28.0. The lowest BCUT2D eigenvalue weighted by molar-refractivity contribution is 0.0845. The van der Waals surface area contributed by atoms with Gasteiger partial charge in [-0.15, -0.1) is 0 Å². The van der Waals surface area contributed by atoms with Gasteiger partial charge in [0.15, 0.2) is 11.6 Å². The molecule has 0 saturated carbocycles. The van der Waals surface area contributed by atoms with Crippen LogP contribution in [0.3, 0.4) is 0 Å². The smallest absolute Gasteiger partial charge is 0.273 e. The lowest BCUT2D eigenvalue weighted by Crippen LogP contribution is -2.37. The van der Waals surface area contributed by atoms with Gasteiger partial charge in [0.05, 0.1) is 0 Å². The van der Waals surface area contributed by atoms with Gasteiger partial charge >= 0.3 is 0 Å². The fourth-order valence-corrected chi connectivity index (χ4v) is 3.79. The minimum absolute atomic E-state index is 0.0456. The number of oxazole rings is 1. The van der Waals surface area contributed by atoms with Crippen LogP contribution in [0, 0.1) is 13.8 Å². The van der Waals surface area contributed by atoms with E-state index in [4.69, 9.17) is 14.1 Å². The minimum atomic E-state index is -0.187. The molecule has 2 aromatic rings. The second-order valence-corrected chi connectivity index (χ2v) is 7.21. The Bertz CT molecular complexity index is 815. The minimum Gasteiger partial charge on any atom is -0.445 e. The number of nitrogens with one attached hydrogen (secondary N) is 1. The van der Waals surface area contributed by atoms with Crippen molar-refractivity contribution < 1.29 is 13.9 Å². The maximum absolute atomic E-state index is 12.4. The molecular formula is C19H25N5O3. The summed E-state index contributed by atoms with van der Waals surface area (Å²) in [6, 6.07) is 2.05. The van der Waals surface area contributed by atoms with Gasteiger partial charge in [-0.2, -0.15) is 0 Å². The van der Waals surface area contributed by atoms with Crippen LogP contribution in [0.25, 0.3) is 0 Å². The molecule has 8 heteroatoms. The van der Waals surface area contributed by atoms with E-state index in [9.17, 15) is 4.79 Å². The van der Waals surface area contributed by atoms with Gasteiger partial charge in [0.1, 0.15) is 5.76 Å². The average molecular weight is 371 g/mol. The molecule has 0 aliphatic carbocycles. The zero-order chi connectivity index (χ0) is 18.8. The largest absolute Gasteiger partial charge is 0.445 e. The molecule has 2 saturated heterocycles. The van der Waals surface area contributed by atoms with Gasteiger partial charge in [-0.25, -0.2) is 15.0 Å². The number of aromatic nitrogens is 3. The van der Waals surface area contributed by atoms with E-state index in [1.807, 2.05) is 12.3 Å². The van der Waals surface area contributed by atoms with E-state index in [0.717, 1.165) is 50.7 Å². The van der Waals surface area contributed by atoms with Crippen molar-refractivity contribution in [1.82, 2.24) is 20.3 Å². The Hall–Kier alpha value is -2.48. The summed E-state index contributed by atoms with van der Waals surface area (Å²) in [5.74, 6) is 2.05. The summed E-state index contributed by atoms with van der Waals surface area (Å²) in [6.07, 6.45) is 4.70. The van der Waals surface area contributed by atoms with Crippen molar-refractivity contribution in [1.29, 1.82) is 0 Å². The van der Waals surface area contributed by atoms with Crippen molar-refractivity contribution >= 4 is 11.9 Å². The number of carbonyl (C=O) groups excluding carboxylic acids is 1. The van der Waals surface area contributed by atoms with Gasteiger partial charge in [0, 0.05) is 57.1 Å². The SMILES string of the molecule is Cc1nc(C(=O)NC2CCN(c3nccc(C4CCOCC4)n3)C2)c(C)o1. The standard InChI is InChI=1S/C19H25N5O3/c1-12-17(21-13(2)27-12)18(25)22-15-4-8-24(11-15)19-20-7-3-16(23-19)14-5-9-26-10-6-14/h3,7,14-15H,4-6,8-11H2,1-2H3,(H,22,25). The van der Waals surface area contributed by atoms with E-state index in [1.54, 1.807) is 13.8 Å². The third-order valence-corrected chi connectivity index (χ3v) is 5.23. The van der Waals surface area contributed by atoms with Crippen LogP contribution < -0.4 is 10.2 Å². The Morgan fingerprint density at radius 2 is 2.04 bits per heavy atom. The summed E-state index contributed by atoms with van der Waals surface area (Å²) in [7, 11) is 0. The Kier molecular flexibility index (Phi) is 5.07. The molecule has 2 aromatic heterocycles.